The maximum Gasteiger partial charge on any atom is 0.214 e. The largest absolute Gasteiger partial charge is 0.497 e. The minimum atomic E-state index is -0.478. The summed E-state index contributed by atoms with van der Waals surface area (Å²) in [6.07, 6.45) is 8.82. The second-order valence-corrected chi connectivity index (χ2v) is 3.86. The molecule has 3 nitrogen and oxygen atoms in total. The fourth-order valence-electron chi connectivity index (χ4n) is 1.63. The van der Waals surface area contributed by atoms with Crippen molar-refractivity contribution < 1.29 is 9.13 Å². The van der Waals surface area contributed by atoms with Crippen LogP contribution >= 0.6 is 0 Å². The molecule has 0 spiro atoms. The Morgan fingerprint density at radius 3 is 2.75 bits per heavy atom. The Balaban J connectivity index is 0.000000956. The predicted molar refractivity (Wildman–Crippen MR) is 81.0 cm³/mol. The minimum Gasteiger partial charge on any atom is -0.497 e. The van der Waals surface area contributed by atoms with Crippen LogP contribution in [0.4, 0.5) is 10.2 Å². The normalized spacial score (nSPS) is 13.4. The number of methoxy groups -OCH3 is 1. The summed E-state index contributed by atoms with van der Waals surface area (Å²) < 4.78 is 18.0. The summed E-state index contributed by atoms with van der Waals surface area (Å²) in [5.41, 5.74) is 1.12. The molecule has 1 aliphatic carbocycles. The van der Waals surface area contributed by atoms with Crippen LogP contribution in [0.15, 0.2) is 53.8 Å². The van der Waals surface area contributed by atoms with Gasteiger partial charge in [-0.05, 0) is 36.3 Å². The Labute approximate surface area is 119 Å². The number of allylic oxidation sites excluding steroid dienone is 3. The monoisotopic (exact) mass is 276 g/mol. The molecule has 1 aliphatic rings. The fourth-order valence-corrected chi connectivity index (χ4v) is 1.63. The van der Waals surface area contributed by atoms with Crippen LogP contribution in [0.5, 0.6) is 0 Å². The van der Waals surface area contributed by atoms with Gasteiger partial charge < -0.3 is 10.1 Å². The molecule has 0 aromatic carbocycles. The molecule has 0 atom stereocenters. The Kier molecular flexibility index (Phi) is 7.11. The lowest BCUT2D eigenvalue weighted by molar-refractivity contribution is 0.306. The Hall–Kier alpha value is -2.10. The van der Waals surface area contributed by atoms with Gasteiger partial charge in [-0.3, -0.25) is 0 Å². The Bertz CT molecular complexity index is 507. The van der Waals surface area contributed by atoms with Crippen molar-refractivity contribution in [3.8, 4) is 0 Å². The van der Waals surface area contributed by atoms with Crippen LogP contribution in [0, 0.1) is 5.95 Å². The van der Waals surface area contributed by atoms with E-state index in [1.165, 1.54) is 6.07 Å². The van der Waals surface area contributed by atoms with E-state index in [1.807, 2.05) is 32.1 Å². The number of nitrogens with one attached hydrogen (secondary N) is 1. The molecule has 20 heavy (non-hydrogen) atoms. The van der Waals surface area contributed by atoms with E-state index in [0.29, 0.717) is 12.4 Å². The summed E-state index contributed by atoms with van der Waals surface area (Å²) in [5.74, 6) is 0.910. The highest BCUT2D eigenvalue weighted by atomic mass is 19.1. The van der Waals surface area contributed by atoms with Gasteiger partial charge in [0.2, 0.25) is 5.95 Å². The molecule has 1 N–H and O–H groups in total. The smallest absolute Gasteiger partial charge is 0.214 e. The molecule has 0 radical (unpaired) electrons. The van der Waals surface area contributed by atoms with Gasteiger partial charge in [-0.1, -0.05) is 32.1 Å². The summed E-state index contributed by atoms with van der Waals surface area (Å²) in [6, 6.07) is 4.69. The second kappa shape index (κ2) is 8.91. The molecule has 108 valence electrons. The van der Waals surface area contributed by atoms with Crippen LogP contribution in [0.1, 0.15) is 20.3 Å². The third-order valence-corrected chi connectivity index (χ3v) is 2.59. The lowest BCUT2D eigenvalue weighted by Crippen LogP contribution is -2.05. The van der Waals surface area contributed by atoms with Crippen LogP contribution < -0.4 is 5.32 Å². The van der Waals surface area contributed by atoms with Crippen molar-refractivity contribution in [1.82, 2.24) is 4.98 Å². The topological polar surface area (TPSA) is 34.1 Å². The Morgan fingerprint density at radius 1 is 1.25 bits per heavy atom. The lowest BCUT2D eigenvalue weighted by atomic mass is 10.2. The van der Waals surface area contributed by atoms with Gasteiger partial charge in [0.15, 0.2) is 0 Å². The molecule has 1 aromatic rings. The zero-order chi connectivity index (χ0) is 14.8. The van der Waals surface area contributed by atoms with Crippen molar-refractivity contribution in [3.05, 3.63) is 59.8 Å². The number of nitrogens with zero attached hydrogens (tertiary/aromatic N) is 1. The number of ether oxygens (including phenoxy) is 1. The minimum absolute atomic E-state index is 0.478. The standard InChI is InChI=1S/C14H15FN2O.C2H6/c1-18-12-5-2-4-11(8-9-12)10-16-14-7-3-6-13(15)17-14;1-2/h3-9H,2,10H2,1H3,(H,16,17);1-2H3. The first-order valence-corrected chi connectivity index (χ1v) is 6.75. The van der Waals surface area contributed by atoms with Gasteiger partial charge in [-0.2, -0.15) is 4.39 Å². The second-order valence-electron chi connectivity index (χ2n) is 3.86. The maximum absolute atomic E-state index is 12.9. The molecule has 2 rings (SSSR count). The van der Waals surface area contributed by atoms with Gasteiger partial charge in [0.05, 0.1) is 7.11 Å². The van der Waals surface area contributed by atoms with Crippen LogP contribution in [0.2, 0.25) is 0 Å². The molecule has 0 unspecified atom stereocenters. The fraction of sp³-hybridized carbons (Fsp3) is 0.312. The van der Waals surface area contributed by atoms with E-state index in [-0.39, 0.29) is 0 Å². The quantitative estimate of drug-likeness (QED) is 0.842. The first-order valence-electron chi connectivity index (χ1n) is 6.75. The summed E-state index contributed by atoms with van der Waals surface area (Å²) in [6.45, 7) is 4.61. The summed E-state index contributed by atoms with van der Waals surface area (Å²) in [4.78, 5) is 3.75. The molecule has 4 heteroatoms. The first kappa shape index (κ1) is 16.0. The zero-order valence-corrected chi connectivity index (χ0v) is 12.2. The number of pyridine rings is 1. The third-order valence-electron chi connectivity index (χ3n) is 2.59. The lowest BCUT2D eigenvalue weighted by Gasteiger charge is -2.05. The van der Waals surface area contributed by atoms with E-state index < -0.39 is 5.95 Å². The SMILES string of the molecule is CC.COC1=CCC=C(CNc2cccc(F)n2)C=C1. The van der Waals surface area contributed by atoms with Crippen LogP contribution in [-0.4, -0.2) is 18.6 Å². The van der Waals surface area contributed by atoms with Crippen molar-refractivity contribution in [2.75, 3.05) is 19.0 Å². The summed E-state index contributed by atoms with van der Waals surface area (Å²) >= 11 is 0. The molecule has 0 amide bonds. The molecule has 1 heterocycles. The van der Waals surface area contributed by atoms with Crippen LogP contribution in [-0.2, 0) is 4.74 Å². The van der Waals surface area contributed by atoms with E-state index in [9.17, 15) is 4.39 Å². The van der Waals surface area contributed by atoms with Gasteiger partial charge in [0.1, 0.15) is 11.6 Å². The van der Waals surface area contributed by atoms with Gasteiger partial charge >= 0.3 is 0 Å². The zero-order valence-electron chi connectivity index (χ0n) is 12.2. The van der Waals surface area contributed by atoms with Crippen molar-refractivity contribution >= 4 is 5.82 Å². The van der Waals surface area contributed by atoms with Gasteiger partial charge in [-0.15, -0.1) is 0 Å². The number of halogens is 1. The molecule has 0 fully saturated rings. The van der Waals surface area contributed by atoms with E-state index in [1.54, 1.807) is 19.2 Å². The number of anilines is 1. The first-order chi connectivity index (χ1) is 9.78. The molecular formula is C16H21FN2O. The van der Waals surface area contributed by atoms with Gasteiger partial charge in [-0.25, -0.2) is 4.98 Å². The van der Waals surface area contributed by atoms with E-state index in [4.69, 9.17) is 4.74 Å². The maximum atomic E-state index is 12.9. The average molecular weight is 276 g/mol. The van der Waals surface area contributed by atoms with Crippen molar-refractivity contribution in [3.63, 3.8) is 0 Å². The average Bonchev–Trinajstić information content (AvgIpc) is 2.72. The molecule has 0 saturated heterocycles. The van der Waals surface area contributed by atoms with Crippen molar-refractivity contribution in [1.29, 1.82) is 0 Å². The molecule has 1 aromatic heterocycles. The van der Waals surface area contributed by atoms with Crippen LogP contribution in [0.3, 0.4) is 0 Å². The number of aromatic nitrogens is 1. The van der Waals surface area contributed by atoms with E-state index in [2.05, 4.69) is 16.4 Å². The number of hydrogen-bond acceptors (Lipinski definition) is 3. The molecule has 0 aliphatic heterocycles. The van der Waals surface area contributed by atoms with Crippen LogP contribution in [0.25, 0.3) is 0 Å². The summed E-state index contributed by atoms with van der Waals surface area (Å²) in [5, 5.41) is 3.08. The highest BCUT2D eigenvalue weighted by Gasteiger charge is 2.00. The van der Waals surface area contributed by atoms with Gasteiger partial charge in [0.25, 0.3) is 0 Å². The molecular weight excluding hydrogens is 255 g/mol. The van der Waals surface area contributed by atoms with Crippen molar-refractivity contribution in [2.24, 2.45) is 0 Å². The van der Waals surface area contributed by atoms with Gasteiger partial charge in [0, 0.05) is 6.54 Å². The number of rotatable bonds is 4. The van der Waals surface area contributed by atoms with E-state index >= 15 is 0 Å². The van der Waals surface area contributed by atoms with E-state index in [0.717, 1.165) is 17.8 Å². The highest BCUT2D eigenvalue weighted by molar-refractivity contribution is 5.39. The molecule has 0 saturated carbocycles. The Morgan fingerprint density at radius 2 is 2.05 bits per heavy atom. The number of hydrogen-bond donors (Lipinski definition) is 1. The third kappa shape index (κ3) is 5.26. The summed E-state index contributed by atoms with van der Waals surface area (Å²) in [7, 11) is 1.65. The predicted octanol–water partition coefficient (Wildman–Crippen LogP) is 4.08. The highest BCUT2D eigenvalue weighted by Crippen LogP contribution is 2.12. The molecule has 0 bridgehead atoms. The van der Waals surface area contributed by atoms with Crippen molar-refractivity contribution in [2.45, 2.75) is 20.3 Å².